The molecule has 0 unspecified atom stereocenters. The van der Waals surface area contributed by atoms with Crippen LogP contribution in [0, 0.1) is 12.7 Å². The number of carbonyl (C=O) groups is 1. The highest BCUT2D eigenvalue weighted by atomic mass is 35.5. The molecule has 0 bridgehead atoms. The number of aromatic nitrogens is 1. The van der Waals surface area contributed by atoms with Gasteiger partial charge in [0.2, 0.25) is 0 Å². The number of anilines is 2. The number of nitrogen functional groups attached to an aromatic ring is 1. The minimum atomic E-state index is -4.61. The van der Waals surface area contributed by atoms with Crippen molar-refractivity contribution in [3.63, 3.8) is 0 Å². The molecule has 1 aromatic carbocycles. The van der Waals surface area contributed by atoms with Crippen molar-refractivity contribution in [1.82, 2.24) is 4.98 Å². The fourth-order valence-corrected chi connectivity index (χ4v) is 3.63. The highest BCUT2D eigenvalue weighted by Crippen LogP contribution is 2.38. The topological polar surface area (TPSA) is 68.0 Å². The van der Waals surface area contributed by atoms with Gasteiger partial charge in [0.05, 0.1) is 10.7 Å². The van der Waals surface area contributed by atoms with Gasteiger partial charge in [0.15, 0.2) is 0 Å². The van der Waals surface area contributed by atoms with Gasteiger partial charge in [-0.05, 0) is 36.8 Å². The minimum absolute atomic E-state index is 0.00960. The molecule has 26 heavy (non-hydrogen) atoms. The number of aryl methyl sites for hydroxylation is 1. The van der Waals surface area contributed by atoms with Crippen molar-refractivity contribution < 1.29 is 22.4 Å². The van der Waals surface area contributed by atoms with Gasteiger partial charge in [-0.15, -0.1) is 11.3 Å². The Labute approximate surface area is 153 Å². The fourth-order valence-electron chi connectivity index (χ4n) is 2.39. The van der Waals surface area contributed by atoms with E-state index in [2.05, 4.69) is 10.3 Å². The number of hydrogen-bond acceptors (Lipinski definition) is 4. The van der Waals surface area contributed by atoms with Crippen LogP contribution in [0.3, 0.4) is 0 Å². The summed E-state index contributed by atoms with van der Waals surface area (Å²) in [5.41, 5.74) is 5.42. The maximum atomic E-state index is 13.2. The molecule has 0 radical (unpaired) electrons. The van der Waals surface area contributed by atoms with Crippen LogP contribution in [0.1, 0.15) is 20.9 Å². The smallest absolute Gasteiger partial charge is 0.397 e. The molecule has 3 aromatic rings. The monoisotopic (exact) mass is 403 g/mol. The normalized spacial score (nSPS) is 11.8. The van der Waals surface area contributed by atoms with Crippen molar-refractivity contribution in [3.05, 3.63) is 51.2 Å². The van der Waals surface area contributed by atoms with Crippen molar-refractivity contribution in [2.75, 3.05) is 11.1 Å². The third-order valence-corrected chi connectivity index (χ3v) is 4.96. The molecule has 3 rings (SSSR count). The van der Waals surface area contributed by atoms with Crippen molar-refractivity contribution in [3.8, 4) is 0 Å². The first-order valence-corrected chi connectivity index (χ1v) is 8.30. The van der Waals surface area contributed by atoms with Gasteiger partial charge < -0.3 is 11.1 Å². The molecule has 2 heterocycles. The first kappa shape index (κ1) is 18.4. The second-order valence-corrected chi connectivity index (χ2v) is 6.84. The summed E-state index contributed by atoms with van der Waals surface area (Å²) in [6.07, 6.45) is -4.61. The average Bonchev–Trinajstić information content (AvgIpc) is 2.87. The summed E-state index contributed by atoms with van der Waals surface area (Å²) in [5.74, 6) is -1.30. The van der Waals surface area contributed by atoms with E-state index >= 15 is 0 Å². The zero-order valence-corrected chi connectivity index (χ0v) is 14.6. The summed E-state index contributed by atoms with van der Waals surface area (Å²) < 4.78 is 51.9. The van der Waals surface area contributed by atoms with E-state index in [-0.39, 0.29) is 31.7 Å². The first-order valence-electron chi connectivity index (χ1n) is 7.11. The minimum Gasteiger partial charge on any atom is -0.397 e. The Balaban J connectivity index is 2.02. The molecule has 0 fully saturated rings. The van der Waals surface area contributed by atoms with Gasteiger partial charge in [0, 0.05) is 11.1 Å². The van der Waals surface area contributed by atoms with Gasteiger partial charge >= 0.3 is 6.18 Å². The number of nitrogens with one attached hydrogen (secondary N) is 1. The van der Waals surface area contributed by atoms with E-state index < -0.39 is 23.6 Å². The van der Waals surface area contributed by atoms with Crippen molar-refractivity contribution in [2.45, 2.75) is 13.1 Å². The third-order valence-electron chi connectivity index (χ3n) is 3.57. The highest BCUT2D eigenvalue weighted by Gasteiger charge is 2.34. The molecule has 0 aliphatic carbocycles. The number of benzene rings is 1. The van der Waals surface area contributed by atoms with Gasteiger partial charge in [-0.25, -0.2) is 9.37 Å². The van der Waals surface area contributed by atoms with Crippen LogP contribution in [0.4, 0.5) is 28.9 Å². The number of carbonyl (C=O) groups excluding carboxylic acids is 1. The lowest BCUT2D eigenvalue weighted by atomic mass is 10.1. The number of amides is 1. The number of fused-ring (bicyclic) bond motifs is 1. The second kappa shape index (κ2) is 6.40. The van der Waals surface area contributed by atoms with Crippen LogP contribution in [-0.4, -0.2) is 10.9 Å². The molecular formula is C16H10ClF4N3OS. The Morgan fingerprint density at radius 1 is 1.31 bits per heavy atom. The number of nitrogens with zero attached hydrogens (tertiary/aromatic N) is 1. The van der Waals surface area contributed by atoms with Crippen LogP contribution in [0.25, 0.3) is 10.2 Å². The molecule has 3 N–H and O–H groups in total. The zero-order chi connectivity index (χ0) is 19.2. The Kier molecular flexibility index (Phi) is 4.53. The number of rotatable bonds is 2. The van der Waals surface area contributed by atoms with Gasteiger partial charge in [-0.1, -0.05) is 11.6 Å². The molecule has 0 aliphatic rings. The van der Waals surface area contributed by atoms with Crippen LogP contribution in [0.15, 0.2) is 24.3 Å². The summed E-state index contributed by atoms with van der Waals surface area (Å²) in [6, 6.07) is 4.47. The number of thiophene rings is 1. The number of hydrogen-bond donors (Lipinski definition) is 2. The number of alkyl halides is 3. The van der Waals surface area contributed by atoms with E-state index in [1.165, 1.54) is 19.1 Å². The van der Waals surface area contributed by atoms with Crippen molar-refractivity contribution in [1.29, 1.82) is 0 Å². The molecule has 4 nitrogen and oxygen atoms in total. The molecule has 0 spiro atoms. The van der Waals surface area contributed by atoms with Crippen molar-refractivity contribution in [2.24, 2.45) is 0 Å². The Bertz CT molecular complexity index is 1030. The van der Waals surface area contributed by atoms with E-state index in [4.69, 9.17) is 17.3 Å². The largest absolute Gasteiger partial charge is 0.433 e. The number of pyridine rings is 1. The SMILES string of the molecule is Cc1cc(C(F)(F)F)nc2sc(C(=O)Nc3ccc(F)c(Cl)c3)c(N)c12. The third kappa shape index (κ3) is 3.32. The number of halogens is 5. The van der Waals surface area contributed by atoms with Crippen LogP contribution in [0.5, 0.6) is 0 Å². The standard InChI is InChI=1S/C16H10ClF4N3OS/c1-6-4-10(16(19,20)21)24-15-11(6)12(22)13(26-15)14(25)23-7-2-3-9(18)8(17)5-7/h2-5H,22H2,1H3,(H,23,25). The Hall–Kier alpha value is -2.39. The molecule has 0 aliphatic heterocycles. The molecule has 10 heteroatoms. The molecule has 0 saturated carbocycles. The quantitative estimate of drug-likeness (QED) is 0.574. The Morgan fingerprint density at radius 3 is 2.62 bits per heavy atom. The van der Waals surface area contributed by atoms with E-state index in [0.717, 1.165) is 23.5 Å². The van der Waals surface area contributed by atoms with Crippen LogP contribution >= 0.6 is 22.9 Å². The molecule has 2 aromatic heterocycles. The van der Waals surface area contributed by atoms with E-state index in [0.29, 0.717) is 5.39 Å². The molecule has 1 amide bonds. The summed E-state index contributed by atoms with van der Waals surface area (Å²) in [5, 5.41) is 2.60. The van der Waals surface area contributed by atoms with Crippen LogP contribution in [-0.2, 0) is 6.18 Å². The van der Waals surface area contributed by atoms with E-state index in [1.54, 1.807) is 0 Å². The molecule has 136 valence electrons. The predicted molar refractivity (Wildman–Crippen MR) is 93.1 cm³/mol. The second-order valence-electron chi connectivity index (χ2n) is 5.43. The number of nitrogens with two attached hydrogens (primary N) is 1. The van der Waals surface area contributed by atoms with Gasteiger partial charge in [-0.3, -0.25) is 4.79 Å². The first-order chi connectivity index (χ1) is 12.1. The maximum Gasteiger partial charge on any atom is 0.433 e. The van der Waals surface area contributed by atoms with E-state index in [9.17, 15) is 22.4 Å². The summed E-state index contributed by atoms with van der Waals surface area (Å²) in [7, 11) is 0. The lowest BCUT2D eigenvalue weighted by Crippen LogP contribution is -2.12. The lowest BCUT2D eigenvalue weighted by Gasteiger charge is -2.07. The summed E-state index contributed by atoms with van der Waals surface area (Å²) >= 11 is 6.40. The van der Waals surface area contributed by atoms with E-state index in [1.807, 2.05) is 0 Å². The highest BCUT2D eigenvalue weighted by molar-refractivity contribution is 7.21. The molecular weight excluding hydrogens is 394 g/mol. The van der Waals surface area contributed by atoms with Gasteiger partial charge in [0.1, 0.15) is 21.2 Å². The van der Waals surface area contributed by atoms with Crippen LogP contribution < -0.4 is 11.1 Å². The van der Waals surface area contributed by atoms with Gasteiger partial charge in [-0.2, -0.15) is 13.2 Å². The fraction of sp³-hybridized carbons (Fsp3) is 0.125. The van der Waals surface area contributed by atoms with Gasteiger partial charge in [0.25, 0.3) is 5.91 Å². The average molecular weight is 404 g/mol. The van der Waals surface area contributed by atoms with Crippen molar-refractivity contribution >= 4 is 50.4 Å². The maximum absolute atomic E-state index is 13.2. The van der Waals surface area contributed by atoms with Crippen LogP contribution in [0.2, 0.25) is 5.02 Å². The summed E-state index contributed by atoms with van der Waals surface area (Å²) in [4.78, 5) is 16.0. The Morgan fingerprint density at radius 2 is 2.00 bits per heavy atom. The predicted octanol–water partition coefficient (Wildman–Crippen LogP) is 5.25. The molecule has 0 atom stereocenters. The molecule has 0 saturated heterocycles. The summed E-state index contributed by atoms with van der Waals surface area (Å²) in [6.45, 7) is 1.46. The lowest BCUT2D eigenvalue weighted by molar-refractivity contribution is -0.141. The zero-order valence-electron chi connectivity index (χ0n) is 13.0.